The Balaban J connectivity index is 1.05. The first kappa shape index (κ1) is 42.8. The van der Waals surface area contributed by atoms with Gasteiger partial charge in [-0.2, -0.15) is 0 Å². The molecule has 0 atom stereocenters. The van der Waals surface area contributed by atoms with E-state index in [1.54, 1.807) is 12.1 Å². The summed E-state index contributed by atoms with van der Waals surface area (Å²) in [6.45, 7) is 4.62. The first-order valence-corrected chi connectivity index (χ1v) is 23.2. The molecule has 0 aliphatic heterocycles. The lowest BCUT2D eigenvalue weighted by atomic mass is 9.88. The first-order valence-electron chi connectivity index (χ1n) is 23.2. The molecular formula is C65H46F2N2. The quantitative estimate of drug-likeness (QED) is 0.113. The van der Waals surface area contributed by atoms with Gasteiger partial charge in [0, 0.05) is 33.6 Å². The van der Waals surface area contributed by atoms with Gasteiger partial charge in [-0.15, -0.1) is 0 Å². The highest BCUT2D eigenvalue weighted by Gasteiger charge is 2.27. The van der Waals surface area contributed by atoms with Crippen molar-refractivity contribution in [3.63, 3.8) is 0 Å². The van der Waals surface area contributed by atoms with Gasteiger partial charge in [0.1, 0.15) is 11.6 Å². The minimum atomic E-state index is -0.360. The fourth-order valence-electron chi connectivity index (χ4n) is 9.73. The van der Waals surface area contributed by atoms with Crippen LogP contribution in [0.2, 0.25) is 0 Å². The number of anilines is 5. The Bertz CT molecular complexity index is 3530. The van der Waals surface area contributed by atoms with Crippen LogP contribution in [0.3, 0.4) is 0 Å². The summed E-state index contributed by atoms with van der Waals surface area (Å²) in [5.74, 6) is -0.688. The smallest absolute Gasteiger partial charge is 0.148 e. The van der Waals surface area contributed by atoms with E-state index >= 15 is 8.78 Å². The SMILES string of the molecule is C=C(/C=C\c1ccc2c(N(c3ccccc3)c3c(F)cc(-c4ccccc4)cc3-c3ccccc3)ccc3c2c1CC=C3)N(c1ccccc1)c1c(F)cc(-c2ccccc2)cc1-c1ccccc1. The van der Waals surface area contributed by atoms with Gasteiger partial charge >= 0.3 is 0 Å². The molecule has 0 heterocycles. The summed E-state index contributed by atoms with van der Waals surface area (Å²) in [5.41, 5.74) is 14.0. The summed E-state index contributed by atoms with van der Waals surface area (Å²) in [5, 5.41) is 2.09. The van der Waals surface area contributed by atoms with Crippen LogP contribution in [0.1, 0.15) is 16.7 Å². The van der Waals surface area contributed by atoms with Gasteiger partial charge in [0.15, 0.2) is 0 Å². The largest absolute Gasteiger partial charge is 0.308 e. The number of hydrogen-bond acceptors (Lipinski definition) is 2. The molecule has 0 unspecified atom stereocenters. The van der Waals surface area contributed by atoms with E-state index in [4.69, 9.17) is 0 Å². The number of hydrogen-bond donors (Lipinski definition) is 0. The average molecular weight is 893 g/mol. The molecule has 11 rings (SSSR count). The van der Waals surface area contributed by atoms with Crippen molar-refractivity contribution in [3.05, 3.63) is 283 Å². The van der Waals surface area contributed by atoms with Crippen LogP contribution in [-0.2, 0) is 6.42 Å². The Labute approximate surface area is 402 Å². The summed E-state index contributed by atoms with van der Waals surface area (Å²) >= 11 is 0. The van der Waals surface area contributed by atoms with Gasteiger partial charge in [0.05, 0.1) is 17.1 Å². The zero-order valence-electron chi connectivity index (χ0n) is 37.8. The van der Waals surface area contributed by atoms with Crippen LogP contribution in [-0.4, -0.2) is 0 Å². The van der Waals surface area contributed by atoms with E-state index in [9.17, 15) is 0 Å². The average Bonchev–Trinajstić information content (AvgIpc) is 3.41. The predicted octanol–water partition coefficient (Wildman–Crippen LogP) is 18.2. The maximum absolute atomic E-state index is 17.4. The highest BCUT2D eigenvalue weighted by molar-refractivity contribution is 6.07. The van der Waals surface area contributed by atoms with Gasteiger partial charge in [-0.05, 0) is 123 Å². The molecule has 0 amide bonds. The molecule has 0 saturated heterocycles. The zero-order valence-corrected chi connectivity index (χ0v) is 37.8. The van der Waals surface area contributed by atoms with Crippen LogP contribution in [0.15, 0.2) is 255 Å². The number of benzene rings is 10. The standard InChI is InChI=1S/C65H46F2N2/c1-45(68(54-30-16-6-17-31-54)64-58(48-25-12-4-13-26-48)41-52(43-60(64)66)46-21-8-2-9-22-46)35-36-50-37-39-57-62(40-38-51-29-20-34-56(50)63(51)57)69(55-32-18-7-19-33-55)65-59(49-27-14-5-15-28-49)42-53(44-61(65)67)47-23-10-3-11-24-47/h2-33,35-44H,1,34H2/b36-35-. The third-order valence-electron chi connectivity index (χ3n) is 12.9. The van der Waals surface area contributed by atoms with Gasteiger partial charge in [0.25, 0.3) is 0 Å². The van der Waals surface area contributed by atoms with E-state index in [1.165, 1.54) is 0 Å². The summed E-state index contributed by atoms with van der Waals surface area (Å²) in [4.78, 5) is 3.99. The number of halogens is 2. The monoisotopic (exact) mass is 892 g/mol. The third kappa shape index (κ3) is 8.34. The molecule has 0 bridgehead atoms. The molecule has 1 aliphatic carbocycles. The fraction of sp³-hybridized carbons (Fsp3) is 0.0154. The van der Waals surface area contributed by atoms with Gasteiger partial charge < -0.3 is 9.80 Å². The van der Waals surface area contributed by atoms with Crippen LogP contribution in [0.4, 0.5) is 37.2 Å². The van der Waals surface area contributed by atoms with E-state index < -0.39 is 0 Å². The van der Waals surface area contributed by atoms with Crippen molar-refractivity contribution in [2.45, 2.75) is 6.42 Å². The van der Waals surface area contributed by atoms with Crippen molar-refractivity contribution in [2.24, 2.45) is 0 Å². The number of para-hydroxylation sites is 2. The normalized spacial score (nSPS) is 11.8. The van der Waals surface area contributed by atoms with Crippen molar-refractivity contribution in [1.82, 2.24) is 0 Å². The Morgan fingerprint density at radius 2 is 0.942 bits per heavy atom. The number of rotatable bonds is 12. The Kier molecular flexibility index (Phi) is 11.6. The van der Waals surface area contributed by atoms with E-state index in [1.807, 2.05) is 193 Å². The molecule has 1 aliphatic rings. The molecule has 0 saturated carbocycles. The maximum Gasteiger partial charge on any atom is 0.148 e. The minimum Gasteiger partial charge on any atom is -0.308 e. The predicted molar refractivity (Wildman–Crippen MR) is 286 cm³/mol. The maximum atomic E-state index is 17.4. The molecule has 4 heteroatoms. The third-order valence-corrected chi connectivity index (χ3v) is 12.9. The molecule has 330 valence electrons. The second-order valence-corrected chi connectivity index (χ2v) is 17.2. The molecule has 0 fully saturated rings. The van der Waals surface area contributed by atoms with E-state index in [0.717, 1.165) is 89.0 Å². The highest BCUT2D eigenvalue weighted by atomic mass is 19.1. The van der Waals surface area contributed by atoms with Crippen molar-refractivity contribution < 1.29 is 8.78 Å². The van der Waals surface area contributed by atoms with E-state index in [2.05, 4.69) is 66.1 Å². The highest BCUT2D eigenvalue weighted by Crippen LogP contribution is 2.48. The van der Waals surface area contributed by atoms with Gasteiger partial charge in [-0.1, -0.05) is 201 Å². The molecule has 10 aromatic carbocycles. The van der Waals surface area contributed by atoms with Crippen LogP contribution < -0.4 is 9.80 Å². The van der Waals surface area contributed by atoms with Crippen molar-refractivity contribution in [2.75, 3.05) is 9.80 Å². The fourth-order valence-corrected chi connectivity index (χ4v) is 9.73. The molecular weight excluding hydrogens is 847 g/mol. The second kappa shape index (κ2) is 18.8. The Morgan fingerprint density at radius 1 is 0.464 bits per heavy atom. The minimum absolute atomic E-state index is 0.328. The van der Waals surface area contributed by atoms with Gasteiger partial charge in [-0.3, -0.25) is 0 Å². The van der Waals surface area contributed by atoms with Crippen LogP contribution >= 0.6 is 0 Å². The van der Waals surface area contributed by atoms with Crippen molar-refractivity contribution in [1.29, 1.82) is 0 Å². The van der Waals surface area contributed by atoms with E-state index in [0.29, 0.717) is 23.5 Å². The molecule has 69 heavy (non-hydrogen) atoms. The molecule has 0 aromatic heterocycles. The lowest BCUT2D eigenvalue weighted by molar-refractivity contribution is 0.629. The van der Waals surface area contributed by atoms with Crippen molar-refractivity contribution >= 4 is 51.4 Å². The molecule has 0 radical (unpaired) electrons. The second-order valence-electron chi connectivity index (χ2n) is 17.2. The van der Waals surface area contributed by atoms with Crippen molar-refractivity contribution in [3.8, 4) is 44.5 Å². The lowest BCUT2D eigenvalue weighted by Crippen LogP contribution is -2.17. The molecule has 0 N–H and O–H groups in total. The molecule has 0 spiro atoms. The lowest BCUT2D eigenvalue weighted by Gasteiger charge is -2.31. The van der Waals surface area contributed by atoms with E-state index in [-0.39, 0.29) is 11.6 Å². The Morgan fingerprint density at radius 3 is 1.49 bits per heavy atom. The summed E-state index contributed by atoms with van der Waals surface area (Å²) in [6.07, 6.45) is 9.13. The Hall–Kier alpha value is -8.86. The number of nitrogens with zero attached hydrogens (tertiary/aromatic N) is 2. The van der Waals surface area contributed by atoms with Crippen LogP contribution in [0, 0.1) is 11.6 Å². The van der Waals surface area contributed by atoms with Crippen LogP contribution in [0.25, 0.3) is 67.4 Å². The number of allylic oxidation sites excluding steroid dienone is 2. The summed E-state index contributed by atoms with van der Waals surface area (Å²) in [7, 11) is 0. The topological polar surface area (TPSA) is 6.48 Å². The molecule has 2 nitrogen and oxygen atoms in total. The first-order chi connectivity index (χ1) is 34.0. The van der Waals surface area contributed by atoms with Gasteiger partial charge in [0.2, 0.25) is 0 Å². The molecule has 10 aromatic rings. The zero-order chi connectivity index (χ0) is 46.7. The summed E-state index contributed by atoms with van der Waals surface area (Å²) < 4.78 is 34.6. The summed E-state index contributed by atoms with van der Waals surface area (Å²) in [6, 6.07) is 75.8. The van der Waals surface area contributed by atoms with Crippen LogP contribution in [0.5, 0.6) is 0 Å². The van der Waals surface area contributed by atoms with Gasteiger partial charge in [-0.25, -0.2) is 8.78 Å².